The predicted molar refractivity (Wildman–Crippen MR) is 129 cm³/mol. The van der Waals surface area contributed by atoms with Gasteiger partial charge in [-0.2, -0.15) is 0 Å². The number of benzene rings is 2. The van der Waals surface area contributed by atoms with Crippen LogP contribution >= 0.6 is 24.8 Å². The Kier molecular flexibility index (Phi) is 9.04. The molecule has 4 rings (SSSR count). The number of carbonyl (C=O) groups is 1. The number of halogens is 2. The number of carbonyl (C=O) groups excluding carboxylic acids is 1. The van der Waals surface area contributed by atoms with Crippen molar-refractivity contribution >= 4 is 42.0 Å². The lowest BCUT2D eigenvalue weighted by molar-refractivity contribution is -0.384. The number of hydrogen-bond acceptors (Lipinski definition) is 6. The third-order valence-electron chi connectivity index (χ3n) is 6.50. The lowest BCUT2D eigenvalue weighted by atomic mass is 9.67. The van der Waals surface area contributed by atoms with Crippen LogP contribution in [0.5, 0.6) is 0 Å². The van der Waals surface area contributed by atoms with Crippen molar-refractivity contribution in [2.75, 3.05) is 37.6 Å². The van der Waals surface area contributed by atoms with Gasteiger partial charge in [0.2, 0.25) is 0 Å². The normalized spacial score (nSPS) is 18.5. The van der Waals surface area contributed by atoms with Gasteiger partial charge in [0.15, 0.2) is 11.4 Å². The van der Waals surface area contributed by atoms with Gasteiger partial charge in [-0.3, -0.25) is 19.8 Å². The zero-order chi connectivity index (χ0) is 21.1. The van der Waals surface area contributed by atoms with Gasteiger partial charge in [0.05, 0.1) is 11.5 Å². The number of anilines is 1. The van der Waals surface area contributed by atoms with E-state index in [2.05, 4.69) is 9.80 Å². The van der Waals surface area contributed by atoms with Gasteiger partial charge in [-0.05, 0) is 36.5 Å². The molecule has 9 heteroatoms. The lowest BCUT2D eigenvalue weighted by Gasteiger charge is -2.42. The van der Waals surface area contributed by atoms with Crippen molar-refractivity contribution in [1.82, 2.24) is 4.90 Å². The second-order valence-electron chi connectivity index (χ2n) is 8.22. The fourth-order valence-corrected chi connectivity index (χ4v) is 4.42. The molecule has 0 aromatic heterocycles. The Morgan fingerprint density at radius 3 is 2.09 bits per heavy atom. The molecule has 0 radical (unpaired) electrons. The Hall–Kier alpha value is -2.19. The van der Waals surface area contributed by atoms with Crippen molar-refractivity contribution in [2.24, 2.45) is 5.92 Å². The minimum atomic E-state index is -1.41. The second-order valence-corrected chi connectivity index (χ2v) is 8.22. The van der Waals surface area contributed by atoms with Crippen LogP contribution in [0.3, 0.4) is 0 Å². The molecule has 174 valence electrons. The topological polar surface area (TPSA) is 86.9 Å². The average molecular weight is 482 g/mol. The van der Waals surface area contributed by atoms with E-state index in [1.165, 1.54) is 12.1 Å². The summed E-state index contributed by atoms with van der Waals surface area (Å²) < 4.78 is 0. The van der Waals surface area contributed by atoms with E-state index >= 15 is 0 Å². The molecule has 0 spiro atoms. The van der Waals surface area contributed by atoms with Gasteiger partial charge >= 0.3 is 0 Å². The SMILES string of the molecule is Cl.Cl.O=C(CN1CCN(c2ccc([N+](=O)[O-])cc2)CC1)C(O)(c1ccccc1)C1CCC1. The number of piperazine rings is 1. The summed E-state index contributed by atoms with van der Waals surface area (Å²) in [5, 5.41) is 22.3. The Morgan fingerprint density at radius 1 is 1.00 bits per heavy atom. The van der Waals surface area contributed by atoms with Crippen molar-refractivity contribution in [3.8, 4) is 0 Å². The van der Waals surface area contributed by atoms with Gasteiger partial charge in [-0.15, -0.1) is 24.8 Å². The third-order valence-corrected chi connectivity index (χ3v) is 6.50. The summed E-state index contributed by atoms with van der Waals surface area (Å²) in [6.07, 6.45) is 2.82. The molecule has 1 N–H and O–H groups in total. The molecule has 7 nitrogen and oxygen atoms in total. The third kappa shape index (κ3) is 5.23. The molecule has 1 unspecified atom stereocenters. The number of nitrogens with zero attached hydrogens (tertiary/aromatic N) is 3. The smallest absolute Gasteiger partial charge is 0.269 e. The van der Waals surface area contributed by atoms with E-state index in [0.29, 0.717) is 18.7 Å². The highest BCUT2D eigenvalue weighted by atomic mass is 35.5. The molecular formula is C23H29Cl2N3O4. The van der Waals surface area contributed by atoms with Crippen LogP contribution in [0.25, 0.3) is 0 Å². The first-order chi connectivity index (χ1) is 14.5. The first-order valence-corrected chi connectivity index (χ1v) is 10.5. The number of non-ortho nitro benzene ring substituents is 1. The maximum Gasteiger partial charge on any atom is 0.269 e. The predicted octanol–water partition coefficient (Wildman–Crippen LogP) is 3.82. The van der Waals surface area contributed by atoms with E-state index in [1.54, 1.807) is 12.1 Å². The number of ketones is 1. The molecule has 2 fully saturated rings. The van der Waals surface area contributed by atoms with Crippen molar-refractivity contribution < 1.29 is 14.8 Å². The maximum atomic E-state index is 13.3. The van der Waals surface area contributed by atoms with Crippen LogP contribution in [0.4, 0.5) is 11.4 Å². The molecule has 1 aliphatic heterocycles. The molecule has 0 bridgehead atoms. The van der Waals surface area contributed by atoms with Gasteiger partial charge < -0.3 is 10.0 Å². The quantitative estimate of drug-likeness (QED) is 0.477. The summed E-state index contributed by atoms with van der Waals surface area (Å²) in [5.41, 5.74) is 0.319. The van der Waals surface area contributed by atoms with E-state index in [9.17, 15) is 20.0 Å². The van der Waals surface area contributed by atoms with Gasteiger partial charge in [0.1, 0.15) is 0 Å². The second kappa shape index (κ2) is 11.1. The van der Waals surface area contributed by atoms with Gasteiger partial charge in [-0.1, -0.05) is 36.8 Å². The monoisotopic (exact) mass is 481 g/mol. The molecule has 2 aromatic carbocycles. The molecule has 2 aliphatic rings. The van der Waals surface area contributed by atoms with E-state index < -0.39 is 10.5 Å². The summed E-state index contributed by atoms with van der Waals surface area (Å²) >= 11 is 0. The maximum absolute atomic E-state index is 13.3. The van der Waals surface area contributed by atoms with Crippen molar-refractivity contribution in [3.63, 3.8) is 0 Å². The Bertz CT molecular complexity index is 901. The number of nitro benzene ring substituents is 1. The summed E-state index contributed by atoms with van der Waals surface area (Å²) in [4.78, 5) is 27.9. The van der Waals surface area contributed by atoms with Crippen LogP contribution in [-0.4, -0.2) is 53.4 Å². The summed E-state index contributed by atoms with van der Waals surface area (Å²) in [5.74, 6) is -0.129. The van der Waals surface area contributed by atoms with E-state index in [4.69, 9.17) is 0 Å². The highest BCUT2D eigenvalue weighted by Gasteiger charge is 2.47. The molecule has 1 atom stereocenters. The molecular weight excluding hydrogens is 453 g/mol. The summed E-state index contributed by atoms with van der Waals surface area (Å²) in [6, 6.07) is 15.9. The molecule has 1 saturated heterocycles. The standard InChI is InChI=1S/C23H27N3O4.2ClH/c27-22(23(28,19-7-4-8-19)18-5-2-1-3-6-18)17-24-13-15-25(16-14-24)20-9-11-21(12-10-20)26(29)30;;/h1-3,5-6,9-12,19,28H,4,7-8,13-17H2;2*1H. The fraction of sp³-hybridized carbons (Fsp3) is 0.435. The molecule has 32 heavy (non-hydrogen) atoms. The Balaban J connectivity index is 0.00000181. The van der Waals surface area contributed by atoms with Crippen LogP contribution in [0, 0.1) is 16.0 Å². The molecule has 0 amide bonds. The van der Waals surface area contributed by atoms with Crippen LogP contribution < -0.4 is 4.90 Å². The number of rotatable bonds is 7. The minimum Gasteiger partial charge on any atom is -0.377 e. The zero-order valence-electron chi connectivity index (χ0n) is 17.8. The average Bonchev–Trinajstić information content (AvgIpc) is 2.73. The first-order valence-electron chi connectivity index (χ1n) is 10.5. The van der Waals surface area contributed by atoms with Crippen LogP contribution in [-0.2, 0) is 10.4 Å². The van der Waals surface area contributed by atoms with Gasteiger partial charge in [0.25, 0.3) is 5.69 Å². The van der Waals surface area contributed by atoms with Gasteiger partial charge in [-0.25, -0.2) is 0 Å². The Morgan fingerprint density at radius 2 is 1.59 bits per heavy atom. The highest BCUT2D eigenvalue weighted by molar-refractivity contribution is 5.90. The zero-order valence-corrected chi connectivity index (χ0v) is 19.4. The summed E-state index contributed by atoms with van der Waals surface area (Å²) in [7, 11) is 0. The number of nitro groups is 1. The van der Waals surface area contributed by atoms with E-state index in [1.807, 2.05) is 30.3 Å². The van der Waals surface area contributed by atoms with Crippen LogP contribution in [0.2, 0.25) is 0 Å². The van der Waals surface area contributed by atoms with Crippen molar-refractivity contribution in [1.29, 1.82) is 0 Å². The van der Waals surface area contributed by atoms with E-state index in [0.717, 1.165) is 38.0 Å². The number of hydrogen-bond donors (Lipinski definition) is 1. The molecule has 2 aromatic rings. The minimum absolute atomic E-state index is 0. The fourth-order valence-electron chi connectivity index (χ4n) is 4.42. The highest BCUT2D eigenvalue weighted by Crippen LogP contribution is 2.43. The van der Waals surface area contributed by atoms with Gasteiger partial charge in [0, 0.05) is 44.0 Å². The Labute approximate surface area is 200 Å². The van der Waals surface area contributed by atoms with Crippen molar-refractivity contribution in [3.05, 3.63) is 70.3 Å². The molecule has 1 heterocycles. The summed E-state index contributed by atoms with van der Waals surface area (Å²) in [6.45, 7) is 3.11. The number of aliphatic hydroxyl groups is 1. The largest absolute Gasteiger partial charge is 0.377 e. The lowest BCUT2D eigenvalue weighted by Crippen LogP contribution is -2.53. The molecule has 1 aliphatic carbocycles. The molecule has 1 saturated carbocycles. The number of Topliss-reactive ketones (excluding diaryl/α,β-unsaturated/α-hetero) is 1. The van der Waals surface area contributed by atoms with Crippen LogP contribution in [0.15, 0.2) is 54.6 Å². The van der Waals surface area contributed by atoms with E-state index in [-0.39, 0.29) is 48.7 Å². The van der Waals surface area contributed by atoms with Crippen molar-refractivity contribution in [2.45, 2.75) is 24.9 Å². The first kappa shape index (κ1) is 26.1. The van der Waals surface area contributed by atoms with Crippen LogP contribution in [0.1, 0.15) is 24.8 Å².